The minimum atomic E-state index is -0.0995. The first-order valence-electron chi connectivity index (χ1n) is 12.5. The SMILES string of the molecule is Cn1ccc2c(-c3ncc(Nc4cccc(N5CC[C@@H]6CNC[C@@]65C)n4)c4c3CNC4=O)ccnc21. The Balaban J connectivity index is 1.26. The summed E-state index contributed by atoms with van der Waals surface area (Å²) in [5, 5.41) is 10.9. The highest BCUT2D eigenvalue weighted by Crippen LogP contribution is 2.41. The molecule has 0 radical (unpaired) electrons. The third kappa shape index (κ3) is 3.05. The maximum absolute atomic E-state index is 12.9. The van der Waals surface area contributed by atoms with E-state index >= 15 is 0 Å². The second-order valence-corrected chi connectivity index (χ2v) is 10.2. The van der Waals surface area contributed by atoms with Gasteiger partial charge in [-0.25, -0.2) is 9.97 Å². The number of aromatic nitrogens is 4. The molecular weight excluding hydrogens is 452 g/mol. The van der Waals surface area contributed by atoms with Gasteiger partial charge in [0.25, 0.3) is 5.91 Å². The molecular formula is C27H28N8O. The molecule has 0 aromatic carbocycles. The quantitative estimate of drug-likeness (QED) is 0.412. The van der Waals surface area contributed by atoms with Crippen LogP contribution in [0.5, 0.6) is 0 Å². The molecule has 9 heteroatoms. The highest BCUT2D eigenvalue weighted by atomic mass is 16.1. The van der Waals surface area contributed by atoms with Crippen LogP contribution in [0.2, 0.25) is 0 Å². The monoisotopic (exact) mass is 480 g/mol. The van der Waals surface area contributed by atoms with Crippen LogP contribution in [0.1, 0.15) is 29.3 Å². The van der Waals surface area contributed by atoms with E-state index in [0.29, 0.717) is 29.5 Å². The number of aryl methyl sites for hydroxylation is 1. The number of nitrogens with zero attached hydrogens (tertiary/aromatic N) is 5. The fourth-order valence-corrected chi connectivity index (χ4v) is 6.23. The summed E-state index contributed by atoms with van der Waals surface area (Å²) in [6.45, 7) is 5.82. The van der Waals surface area contributed by atoms with Gasteiger partial charge in [0.2, 0.25) is 0 Å². The van der Waals surface area contributed by atoms with Crippen LogP contribution in [0.15, 0.2) is 48.9 Å². The van der Waals surface area contributed by atoms with E-state index in [1.165, 1.54) is 6.42 Å². The highest BCUT2D eigenvalue weighted by Gasteiger charge is 2.48. The van der Waals surface area contributed by atoms with E-state index in [1.807, 2.05) is 42.1 Å². The highest BCUT2D eigenvalue weighted by molar-refractivity contribution is 6.06. The number of pyridine rings is 3. The lowest BCUT2D eigenvalue weighted by molar-refractivity contribution is 0.0966. The molecule has 0 unspecified atom stereocenters. The molecule has 3 aliphatic heterocycles. The van der Waals surface area contributed by atoms with E-state index in [4.69, 9.17) is 9.97 Å². The normalized spacial score (nSPS) is 22.7. The van der Waals surface area contributed by atoms with E-state index in [9.17, 15) is 4.79 Å². The third-order valence-electron chi connectivity index (χ3n) is 8.20. The van der Waals surface area contributed by atoms with Gasteiger partial charge in [-0.1, -0.05) is 6.07 Å². The molecule has 0 spiro atoms. The third-order valence-corrected chi connectivity index (χ3v) is 8.20. The Labute approximate surface area is 209 Å². The molecule has 2 fully saturated rings. The van der Waals surface area contributed by atoms with Crippen molar-refractivity contribution >= 4 is 34.3 Å². The van der Waals surface area contributed by atoms with Crippen LogP contribution in [-0.4, -0.2) is 50.6 Å². The largest absolute Gasteiger partial charge is 0.350 e. The Morgan fingerprint density at radius 2 is 2.11 bits per heavy atom. The molecule has 0 saturated carbocycles. The van der Waals surface area contributed by atoms with Crippen molar-refractivity contribution in [1.29, 1.82) is 0 Å². The lowest BCUT2D eigenvalue weighted by atomic mass is 9.90. The van der Waals surface area contributed by atoms with Crippen molar-refractivity contribution in [3.63, 3.8) is 0 Å². The molecule has 7 rings (SSSR count). The molecule has 3 aliphatic rings. The Hall–Kier alpha value is -3.98. The smallest absolute Gasteiger partial charge is 0.254 e. The van der Waals surface area contributed by atoms with Crippen LogP contribution in [0.25, 0.3) is 22.3 Å². The van der Waals surface area contributed by atoms with Crippen LogP contribution in [-0.2, 0) is 13.6 Å². The van der Waals surface area contributed by atoms with Gasteiger partial charge in [0, 0.05) is 62.1 Å². The Morgan fingerprint density at radius 1 is 1.19 bits per heavy atom. The van der Waals surface area contributed by atoms with Crippen LogP contribution in [0, 0.1) is 5.92 Å². The van der Waals surface area contributed by atoms with E-state index < -0.39 is 0 Å². The first-order chi connectivity index (χ1) is 17.5. The van der Waals surface area contributed by atoms with Gasteiger partial charge in [0.15, 0.2) is 0 Å². The fourth-order valence-electron chi connectivity index (χ4n) is 6.23. The van der Waals surface area contributed by atoms with Gasteiger partial charge >= 0.3 is 0 Å². The molecule has 0 aliphatic carbocycles. The predicted molar refractivity (Wildman–Crippen MR) is 139 cm³/mol. The van der Waals surface area contributed by atoms with Crippen LogP contribution in [0.3, 0.4) is 0 Å². The van der Waals surface area contributed by atoms with Crippen LogP contribution in [0.4, 0.5) is 17.3 Å². The first kappa shape index (κ1) is 21.3. The summed E-state index contributed by atoms with van der Waals surface area (Å²) in [6, 6.07) is 10.0. The fraction of sp³-hybridized carbons (Fsp3) is 0.333. The van der Waals surface area contributed by atoms with E-state index in [-0.39, 0.29) is 11.4 Å². The van der Waals surface area contributed by atoms with Crippen molar-refractivity contribution in [3.05, 3.63) is 60.0 Å². The molecule has 0 bridgehead atoms. The van der Waals surface area contributed by atoms with E-state index in [1.54, 1.807) is 12.4 Å². The number of rotatable bonds is 4. The molecule has 4 aromatic heterocycles. The summed E-state index contributed by atoms with van der Waals surface area (Å²) < 4.78 is 1.99. The summed E-state index contributed by atoms with van der Waals surface area (Å²) in [4.78, 5) is 29.6. The zero-order valence-corrected chi connectivity index (χ0v) is 20.4. The van der Waals surface area contributed by atoms with E-state index in [0.717, 1.165) is 53.3 Å². The molecule has 182 valence electrons. The van der Waals surface area contributed by atoms with Gasteiger partial charge in [0.1, 0.15) is 17.3 Å². The Bertz CT molecular complexity index is 1530. The maximum Gasteiger partial charge on any atom is 0.254 e. The van der Waals surface area contributed by atoms with E-state index in [2.05, 4.69) is 38.8 Å². The molecule has 36 heavy (non-hydrogen) atoms. The Morgan fingerprint density at radius 3 is 3.03 bits per heavy atom. The van der Waals surface area contributed by atoms with Crippen molar-refractivity contribution in [1.82, 2.24) is 30.2 Å². The van der Waals surface area contributed by atoms with Gasteiger partial charge in [-0.05, 0) is 43.5 Å². The minimum absolute atomic E-state index is 0.0866. The van der Waals surface area contributed by atoms with Gasteiger partial charge in [0.05, 0.1) is 28.7 Å². The van der Waals surface area contributed by atoms with Crippen LogP contribution >= 0.6 is 0 Å². The maximum atomic E-state index is 12.9. The van der Waals surface area contributed by atoms with Gasteiger partial charge in [-0.3, -0.25) is 9.78 Å². The van der Waals surface area contributed by atoms with Gasteiger partial charge in [-0.2, -0.15) is 0 Å². The molecule has 4 aromatic rings. The molecule has 2 saturated heterocycles. The minimum Gasteiger partial charge on any atom is -0.350 e. The predicted octanol–water partition coefficient (Wildman–Crippen LogP) is 3.21. The number of hydrogen-bond acceptors (Lipinski definition) is 7. The zero-order chi connectivity index (χ0) is 24.4. The second kappa shape index (κ2) is 7.76. The molecule has 3 N–H and O–H groups in total. The number of anilines is 3. The molecule has 7 heterocycles. The number of carbonyl (C=O) groups excluding carboxylic acids is 1. The molecule has 2 atom stereocenters. The van der Waals surface area contributed by atoms with Crippen molar-refractivity contribution in [2.24, 2.45) is 13.0 Å². The first-order valence-corrected chi connectivity index (χ1v) is 12.5. The van der Waals surface area contributed by atoms with Gasteiger partial charge < -0.3 is 25.4 Å². The van der Waals surface area contributed by atoms with Gasteiger partial charge in [-0.15, -0.1) is 0 Å². The molecule has 1 amide bonds. The summed E-state index contributed by atoms with van der Waals surface area (Å²) in [7, 11) is 1.97. The number of nitrogens with one attached hydrogen (secondary N) is 3. The van der Waals surface area contributed by atoms with Crippen molar-refractivity contribution in [2.75, 3.05) is 29.9 Å². The average Bonchev–Trinajstić information content (AvgIpc) is 3.63. The summed E-state index contributed by atoms with van der Waals surface area (Å²) in [6.07, 6.45) is 6.70. The van der Waals surface area contributed by atoms with Crippen molar-refractivity contribution in [3.8, 4) is 11.3 Å². The topological polar surface area (TPSA) is 100 Å². The number of hydrogen-bond donors (Lipinski definition) is 3. The molecule has 9 nitrogen and oxygen atoms in total. The lowest BCUT2D eigenvalue weighted by Crippen LogP contribution is -2.47. The summed E-state index contributed by atoms with van der Waals surface area (Å²) >= 11 is 0. The Kier molecular flexibility index (Phi) is 4.59. The number of carbonyl (C=O) groups is 1. The zero-order valence-electron chi connectivity index (χ0n) is 20.4. The van der Waals surface area contributed by atoms with Crippen molar-refractivity contribution in [2.45, 2.75) is 25.4 Å². The average molecular weight is 481 g/mol. The number of amides is 1. The van der Waals surface area contributed by atoms with Crippen molar-refractivity contribution < 1.29 is 4.79 Å². The second-order valence-electron chi connectivity index (χ2n) is 10.2. The lowest BCUT2D eigenvalue weighted by Gasteiger charge is -2.35. The standard InChI is InChI=1S/C27H28N8O/c1-27-15-28-12-16(27)7-11-35(27)22-5-3-4-21(33-22)32-20-14-30-24(19-13-31-26(36)23(19)20)17-6-9-29-25-18(17)8-10-34(25)2/h3-6,8-10,14,16,28H,7,11-13,15H2,1-2H3,(H,31,36)(H,32,33)/t16-,27+/m1/s1. The summed E-state index contributed by atoms with van der Waals surface area (Å²) in [5.74, 6) is 2.21. The van der Waals surface area contributed by atoms with Crippen LogP contribution < -0.4 is 20.9 Å². The summed E-state index contributed by atoms with van der Waals surface area (Å²) in [5.41, 5.74) is 4.94. The number of fused-ring (bicyclic) bond motifs is 3.